The molecular weight excluding hydrogens is 278 g/mol. The van der Waals surface area contributed by atoms with E-state index in [0.29, 0.717) is 0 Å². The number of hydrogen-bond donors (Lipinski definition) is 0. The first-order valence-corrected chi connectivity index (χ1v) is 7.40. The van der Waals surface area contributed by atoms with Gasteiger partial charge in [0.05, 0.1) is 13.2 Å². The predicted molar refractivity (Wildman–Crippen MR) is 74.4 cm³/mol. The van der Waals surface area contributed by atoms with E-state index in [0.717, 1.165) is 31.0 Å². The molecule has 0 saturated carbocycles. The van der Waals surface area contributed by atoms with E-state index < -0.39 is 0 Å². The molecule has 1 aliphatic heterocycles. The Balaban J connectivity index is 1.58. The van der Waals surface area contributed by atoms with Gasteiger partial charge in [0.1, 0.15) is 0 Å². The van der Waals surface area contributed by atoms with Crippen LogP contribution in [0.2, 0.25) is 0 Å². The van der Waals surface area contributed by atoms with Crippen LogP contribution in [0.5, 0.6) is 0 Å². The number of alkyl halides is 1. The Morgan fingerprint density at radius 2 is 2.12 bits per heavy atom. The summed E-state index contributed by atoms with van der Waals surface area (Å²) in [7, 11) is 0. The van der Waals surface area contributed by atoms with Crippen LogP contribution in [0.25, 0.3) is 0 Å². The van der Waals surface area contributed by atoms with E-state index in [2.05, 4.69) is 45.1 Å². The monoisotopic (exact) mass is 297 g/mol. The lowest BCUT2D eigenvalue weighted by Gasteiger charge is -2.15. The van der Waals surface area contributed by atoms with E-state index in [9.17, 15) is 0 Å². The lowest BCUT2D eigenvalue weighted by Crippen LogP contribution is -2.25. The summed E-state index contributed by atoms with van der Waals surface area (Å²) < 4.78 is 5.70. The number of likely N-dealkylation sites (tertiary alicyclic amines) is 1. The van der Waals surface area contributed by atoms with Crippen molar-refractivity contribution in [2.24, 2.45) is 5.92 Å². The highest BCUT2D eigenvalue weighted by atomic mass is 79.9. The van der Waals surface area contributed by atoms with Gasteiger partial charge in [-0.25, -0.2) is 0 Å². The highest BCUT2D eigenvalue weighted by Gasteiger charge is 2.20. The topological polar surface area (TPSA) is 12.5 Å². The van der Waals surface area contributed by atoms with Crippen molar-refractivity contribution < 1.29 is 4.74 Å². The fraction of sp³-hybridized carbons (Fsp3) is 0.571. The first kappa shape index (κ1) is 13.1. The molecule has 0 bridgehead atoms. The van der Waals surface area contributed by atoms with E-state index in [-0.39, 0.29) is 0 Å². The molecule has 1 atom stereocenters. The van der Waals surface area contributed by atoms with Crippen molar-refractivity contribution in [2.45, 2.75) is 13.0 Å². The maximum Gasteiger partial charge on any atom is 0.0717 e. The maximum atomic E-state index is 5.70. The standard InChI is InChI=1S/C14H20BrNO/c15-10-14-6-7-16(11-14)8-9-17-12-13-4-2-1-3-5-13/h1-5,14H,6-12H2. The lowest BCUT2D eigenvalue weighted by molar-refractivity contribution is 0.0985. The van der Waals surface area contributed by atoms with Crippen LogP contribution in [0, 0.1) is 5.92 Å². The van der Waals surface area contributed by atoms with Crippen molar-refractivity contribution in [1.29, 1.82) is 0 Å². The van der Waals surface area contributed by atoms with Gasteiger partial charge in [-0.15, -0.1) is 0 Å². The van der Waals surface area contributed by atoms with Gasteiger partial charge < -0.3 is 9.64 Å². The summed E-state index contributed by atoms with van der Waals surface area (Å²) in [5.41, 5.74) is 1.26. The van der Waals surface area contributed by atoms with Crippen LogP contribution in [0.15, 0.2) is 30.3 Å². The van der Waals surface area contributed by atoms with Crippen molar-refractivity contribution in [3.05, 3.63) is 35.9 Å². The van der Waals surface area contributed by atoms with E-state index in [1.807, 2.05) is 6.07 Å². The Morgan fingerprint density at radius 3 is 2.82 bits per heavy atom. The summed E-state index contributed by atoms with van der Waals surface area (Å²) in [5, 5.41) is 1.13. The zero-order valence-electron chi connectivity index (χ0n) is 10.1. The van der Waals surface area contributed by atoms with Crippen LogP contribution in [0.4, 0.5) is 0 Å². The molecule has 0 radical (unpaired) electrons. The molecule has 0 aromatic heterocycles. The third-order valence-corrected chi connectivity index (χ3v) is 4.17. The fourth-order valence-electron chi connectivity index (χ4n) is 2.20. The molecule has 2 nitrogen and oxygen atoms in total. The molecule has 0 spiro atoms. The predicted octanol–water partition coefficient (Wildman–Crippen LogP) is 2.92. The number of nitrogens with zero attached hydrogens (tertiary/aromatic N) is 1. The third kappa shape index (κ3) is 4.41. The molecule has 1 aromatic carbocycles. The van der Waals surface area contributed by atoms with E-state index in [4.69, 9.17) is 4.74 Å². The van der Waals surface area contributed by atoms with E-state index >= 15 is 0 Å². The zero-order valence-corrected chi connectivity index (χ0v) is 11.7. The van der Waals surface area contributed by atoms with Crippen LogP contribution in [0.3, 0.4) is 0 Å². The second kappa shape index (κ2) is 7.14. The van der Waals surface area contributed by atoms with Crippen LogP contribution in [0.1, 0.15) is 12.0 Å². The van der Waals surface area contributed by atoms with Crippen LogP contribution < -0.4 is 0 Å². The van der Waals surface area contributed by atoms with Crippen LogP contribution >= 0.6 is 15.9 Å². The normalized spacial score (nSPS) is 20.9. The Labute approximate surface area is 112 Å². The van der Waals surface area contributed by atoms with Gasteiger partial charge in [-0.1, -0.05) is 46.3 Å². The summed E-state index contributed by atoms with van der Waals surface area (Å²) in [6.07, 6.45) is 1.32. The number of ether oxygens (including phenoxy) is 1. The fourth-order valence-corrected chi connectivity index (χ4v) is 2.73. The second-order valence-corrected chi connectivity index (χ2v) is 5.30. The molecular formula is C14H20BrNO. The van der Waals surface area contributed by atoms with E-state index in [1.54, 1.807) is 0 Å². The summed E-state index contributed by atoms with van der Waals surface area (Å²) >= 11 is 3.56. The average Bonchev–Trinajstić information content (AvgIpc) is 2.84. The van der Waals surface area contributed by atoms with Crippen LogP contribution in [-0.4, -0.2) is 36.5 Å². The summed E-state index contributed by atoms with van der Waals surface area (Å²) in [6.45, 7) is 5.09. The molecule has 1 aromatic rings. The Hall–Kier alpha value is -0.380. The minimum absolute atomic E-state index is 0.733. The molecule has 17 heavy (non-hydrogen) atoms. The van der Waals surface area contributed by atoms with Gasteiger partial charge in [0.2, 0.25) is 0 Å². The molecule has 1 fully saturated rings. The maximum absolute atomic E-state index is 5.70. The van der Waals surface area contributed by atoms with Gasteiger partial charge in [-0.3, -0.25) is 0 Å². The lowest BCUT2D eigenvalue weighted by atomic mass is 10.2. The molecule has 94 valence electrons. The molecule has 1 saturated heterocycles. The molecule has 1 aliphatic rings. The average molecular weight is 298 g/mol. The minimum atomic E-state index is 0.733. The van der Waals surface area contributed by atoms with Crippen molar-refractivity contribution in [3.63, 3.8) is 0 Å². The third-order valence-electron chi connectivity index (χ3n) is 3.25. The highest BCUT2D eigenvalue weighted by molar-refractivity contribution is 9.09. The molecule has 3 heteroatoms. The van der Waals surface area contributed by atoms with Gasteiger partial charge in [0.15, 0.2) is 0 Å². The van der Waals surface area contributed by atoms with Crippen LogP contribution in [-0.2, 0) is 11.3 Å². The SMILES string of the molecule is BrCC1CCN(CCOCc2ccccc2)C1. The summed E-state index contributed by atoms with van der Waals surface area (Å²) in [4.78, 5) is 2.50. The van der Waals surface area contributed by atoms with Crippen molar-refractivity contribution in [1.82, 2.24) is 4.90 Å². The Bertz CT molecular complexity index is 317. The van der Waals surface area contributed by atoms with Gasteiger partial charge in [-0.2, -0.15) is 0 Å². The molecule has 1 unspecified atom stereocenters. The Kier molecular flexibility index (Phi) is 5.49. The van der Waals surface area contributed by atoms with Gasteiger partial charge in [-0.05, 0) is 24.4 Å². The molecule has 1 heterocycles. The highest BCUT2D eigenvalue weighted by Crippen LogP contribution is 2.17. The number of benzene rings is 1. The first-order chi connectivity index (χ1) is 8.38. The van der Waals surface area contributed by atoms with Gasteiger partial charge in [0.25, 0.3) is 0 Å². The molecule has 0 N–H and O–H groups in total. The van der Waals surface area contributed by atoms with Crippen molar-refractivity contribution in [2.75, 3.05) is 31.6 Å². The van der Waals surface area contributed by atoms with Crippen molar-refractivity contribution >= 4 is 15.9 Å². The van der Waals surface area contributed by atoms with Crippen molar-refractivity contribution in [3.8, 4) is 0 Å². The number of hydrogen-bond acceptors (Lipinski definition) is 2. The smallest absolute Gasteiger partial charge is 0.0717 e. The van der Waals surface area contributed by atoms with Gasteiger partial charge in [0, 0.05) is 18.4 Å². The summed E-state index contributed by atoms with van der Waals surface area (Å²) in [5.74, 6) is 0.837. The molecule has 0 aliphatic carbocycles. The number of halogens is 1. The van der Waals surface area contributed by atoms with E-state index in [1.165, 1.54) is 25.1 Å². The summed E-state index contributed by atoms with van der Waals surface area (Å²) in [6, 6.07) is 10.4. The quantitative estimate of drug-likeness (QED) is 0.591. The second-order valence-electron chi connectivity index (χ2n) is 4.65. The van der Waals surface area contributed by atoms with Gasteiger partial charge >= 0.3 is 0 Å². The first-order valence-electron chi connectivity index (χ1n) is 6.28. The molecule has 0 amide bonds. The molecule has 2 rings (SSSR count). The Morgan fingerprint density at radius 1 is 1.29 bits per heavy atom. The zero-order chi connectivity index (χ0) is 11.9. The largest absolute Gasteiger partial charge is 0.375 e. The number of rotatable bonds is 6. The minimum Gasteiger partial charge on any atom is -0.375 e.